The van der Waals surface area contributed by atoms with E-state index in [-0.39, 0.29) is 18.3 Å². The van der Waals surface area contributed by atoms with E-state index in [1.807, 2.05) is 28.8 Å². The molecule has 2 saturated heterocycles. The number of carboxylic acids is 1. The summed E-state index contributed by atoms with van der Waals surface area (Å²) in [6, 6.07) is 9.13. The number of fused-ring (bicyclic) bond motifs is 3. The van der Waals surface area contributed by atoms with E-state index in [1.165, 1.54) is 51.4 Å². The number of para-hydroxylation sites is 2. The van der Waals surface area contributed by atoms with Crippen LogP contribution in [0.2, 0.25) is 0 Å². The highest BCUT2D eigenvalue weighted by Gasteiger charge is 2.43. The number of carbonyl (C=O) groups is 1. The van der Waals surface area contributed by atoms with Gasteiger partial charge in [-0.1, -0.05) is 43.0 Å². The Kier molecular flexibility index (Phi) is 6.68. The van der Waals surface area contributed by atoms with E-state index in [1.54, 1.807) is 6.92 Å². The second-order valence-corrected chi connectivity index (χ2v) is 9.89. The van der Waals surface area contributed by atoms with E-state index >= 15 is 0 Å². The summed E-state index contributed by atoms with van der Waals surface area (Å²) in [4.78, 5) is 38.0. The molecule has 1 aromatic carbocycles. The van der Waals surface area contributed by atoms with Crippen molar-refractivity contribution in [2.24, 2.45) is 5.16 Å². The molecule has 1 N–H and O–H groups in total. The molecule has 2 aliphatic heterocycles. The van der Waals surface area contributed by atoms with Crippen molar-refractivity contribution in [3.05, 3.63) is 40.3 Å². The van der Waals surface area contributed by atoms with Crippen molar-refractivity contribution < 1.29 is 14.7 Å². The van der Waals surface area contributed by atoms with Gasteiger partial charge < -0.3 is 14.5 Å². The van der Waals surface area contributed by atoms with Crippen LogP contribution in [0.25, 0.3) is 11.0 Å². The summed E-state index contributed by atoms with van der Waals surface area (Å²) in [7, 11) is 0. The molecule has 3 heterocycles. The first kappa shape index (κ1) is 23.0. The molecule has 3 fully saturated rings. The highest BCUT2D eigenvalue weighted by molar-refractivity contribution is 6.41. The van der Waals surface area contributed by atoms with Gasteiger partial charge in [0.15, 0.2) is 5.69 Å². The zero-order chi connectivity index (χ0) is 23.7. The first-order valence-corrected chi connectivity index (χ1v) is 12.8. The van der Waals surface area contributed by atoms with Gasteiger partial charge in [-0.15, -0.1) is 0 Å². The fourth-order valence-electron chi connectivity index (χ4n) is 6.56. The highest BCUT2D eigenvalue weighted by Crippen LogP contribution is 2.43. The van der Waals surface area contributed by atoms with Gasteiger partial charge in [-0.25, -0.2) is 9.78 Å². The van der Waals surface area contributed by atoms with Crippen molar-refractivity contribution in [2.45, 2.75) is 95.3 Å². The molecule has 2 aromatic rings. The predicted molar refractivity (Wildman–Crippen MR) is 130 cm³/mol. The van der Waals surface area contributed by atoms with Gasteiger partial charge in [-0.05, 0) is 57.6 Å². The lowest BCUT2D eigenvalue weighted by molar-refractivity contribution is -0.129. The largest absolute Gasteiger partial charge is 0.476 e. The van der Waals surface area contributed by atoms with Crippen molar-refractivity contribution in [1.82, 2.24) is 14.5 Å². The van der Waals surface area contributed by atoms with Gasteiger partial charge in [0.25, 0.3) is 5.56 Å². The maximum Gasteiger partial charge on any atom is 0.360 e. The lowest BCUT2D eigenvalue weighted by atomic mass is 9.78. The Bertz CT molecular complexity index is 1120. The van der Waals surface area contributed by atoms with Crippen LogP contribution in [-0.2, 0) is 9.63 Å². The van der Waals surface area contributed by atoms with Crippen LogP contribution in [0.4, 0.5) is 0 Å². The van der Waals surface area contributed by atoms with Gasteiger partial charge in [-0.2, -0.15) is 0 Å². The Morgan fingerprint density at radius 1 is 1.03 bits per heavy atom. The molecule has 8 heteroatoms. The van der Waals surface area contributed by atoms with Crippen LogP contribution in [0.1, 0.15) is 82.9 Å². The molecule has 2 bridgehead atoms. The second kappa shape index (κ2) is 9.86. The third-order valence-electron chi connectivity index (χ3n) is 7.87. The Labute approximate surface area is 199 Å². The van der Waals surface area contributed by atoms with Gasteiger partial charge in [-0.3, -0.25) is 9.69 Å². The Morgan fingerprint density at radius 3 is 2.38 bits per heavy atom. The minimum absolute atomic E-state index is 0.0106. The predicted octanol–water partition coefficient (Wildman–Crippen LogP) is 4.11. The van der Waals surface area contributed by atoms with Crippen LogP contribution in [0.3, 0.4) is 0 Å². The average molecular weight is 467 g/mol. The summed E-state index contributed by atoms with van der Waals surface area (Å²) < 4.78 is 1.81. The molecule has 1 aliphatic carbocycles. The summed E-state index contributed by atoms with van der Waals surface area (Å²) in [6.07, 6.45) is 12.0. The standard InChI is InChI=1S/C26H34N4O4/c1-2-34-28-24(26(32)33)23-25(31)30(22-14-7-6-13-21(22)27-23)20-15-18-11-8-12-19(16-20)29(18)17-9-4-3-5-10-17/h6-7,13-14,17-20H,2-5,8-12,15-16H2,1H3,(H,32,33)/b28-24-/t18-,19+,20+. The van der Waals surface area contributed by atoms with Crippen molar-refractivity contribution >= 4 is 22.7 Å². The quantitative estimate of drug-likeness (QED) is 0.508. The van der Waals surface area contributed by atoms with Crippen molar-refractivity contribution in [2.75, 3.05) is 6.61 Å². The lowest BCUT2D eigenvalue weighted by Crippen LogP contribution is -2.57. The number of piperidine rings is 2. The Morgan fingerprint density at radius 2 is 1.71 bits per heavy atom. The van der Waals surface area contributed by atoms with Crippen molar-refractivity contribution in [3.8, 4) is 0 Å². The molecule has 182 valence electrons. The van der Waals surface area contributed by atoms with Crippen LogP contribution < -0.4 is 5.56 Å². The van der Waals surface area contributed by atoms with Crippen LogP contribution >= 0.6 is 0 Å². The van der Waals surface area contributed by atoms with Crippen molar-refractivity contribution in [1.29, 1.82) is 0 Å². The second-order valence-electron chi connectivity index (χ2n) is 9.89. The molecular formula is C26H34N4O4. The fourth-order valence-corrected chi connectivity index (χ4v) is 6.56. The highest BCUT2D eigenvalue weighted by atomic mass is 16.6. The fraction of sp³-hybridized carbons (Fsp3) is 0.615. The smallest absolute Gasteiger partial charge is 0.360 e. The van der Waals surface area contributed by atoms with Gasteiger partial charge in [0.2, 0.25) is 5.71 Å². The van der Waals surface area contributed by atoms with Crippen LogP contribution in [0, 0.1) is 0 Å². The molecule has 3 aliphatic rings. The maximum atomic E-state index is 13.8. The van der Waals surface area contributed by atoms with Gasteiger partial charge >= 0.3 is 5.97 Å². The maximum absolute atomic E-state index is 13.8. The van der Waals surface area contributed by atoms with Gasteiger partial charge in [0, 0.05) is 24.2 Å². The van der Waals surface area contributed by atoms with Gasteiger partial charge in [0.1, 0.15) is 6.61 Å². The summed E-state index contributed by atoms with van der Waals surface area (Å²) in [5.41, 5.74) is 0.369. The zero-order valence-electron chi connectivity index (χ0n) is 19.9. The molecule has 1 saturated carbocycles. The van der Waals surface area contributed by atoms with Crippen LogP contribution in [0.5, 0.6) is 0 Å². The number of aliphatic carboxylic acids is 1. The minimum Gasteiger partial charge on any atom is -0.476 e. The van der Waals surface area contributed by atoms with Crippen LogP contribution in [-0.4, -0.2) is 56.0 Å². The van der Waals surface area contributed by atoms with Crippen molar-refractivity contribution in [3.63, 3.8) is 0 Å². The first-order valence-electron chi connectivity index (χ1n) is 12.8. The monoisotopic (exact) mass is 466 g/mol. The molecule has 0 unspecified atom stereocenters. The average Bonchev–Trinajstić information content (AvgIpc) is 2.84. The third-order valence-corrected chi connectivity index (χ3v) is 7.87. The number of benzene rings is 1. The normalized spacial score (nSPS) is 26.5. The molecule has 0 spiro atoms. The molecule has 1 aromatic heterocycles. The molecule has 8 nitrogen and oxygen atoms in total. The molecular weight excluding hydrogens is 432 g/mol. The number of oxime groups is 1. The summed E-state index contributed by atoms with van der Waals surface area (Å²) in [5, 5.41) is 13.5. The molecule has 3 atom stereocenters. The van der Waals surface area contributed by atoms with E-state index < -0.39 is 17.2 Å². The van der Waals surface area contributed by atoms with Gasteiger partial charge in [0.05, 0.1) is 11.0 Å². The Hall–Kier alpha value is -2.74. The molecule has 34 heavy (non-hydrogen) atoms. The SMILES string of the molecule is CCO/N=C(\C(=O)O)c1nc2ccccc2n([C@H]2C[C@H]3CCC[C@@H](C2)N3C2CCCCC2)c1=O. The van der Waals surface area contributed by atoms with E-state index in [0.717, 1.165) is 18.4 Å². The topological polar surface area (TPSA) is 97.0 Å². The number of hydrogen-bond acceptors (Lipinski definition) is 6. The number of nitrogens with zero attached hydrogens (tertiary/aromatic N) is 4. The van der Waals surface area contributed by atoms with E-state index in [0.29, 0.717) is 23.6 Å². The number of aromatic nitrogens is 2. The van der Waals surface area contributed by atoms with E-state index in [2.05, 4.69) is 15.0 Å². The number of hydrogen-bond donors (Lipinski definition) is 1. The summed E-state index contributed by atoms with van der Waals surface area (Å²) in [6.45, 7) is 1.93. The van der Waals surface area contributed by atoms with E-state index in [9.17, 15) is 14.7 Å². The third kappa shape index (κ3) is 4.24. The van der Waals surface area contributed by atoms with Crippen LogP contribution in [0.15, 0.2) is 34.2 Å². The molecule has 5 rings (SSSR count). The summed E-state index contributed by atoms with van der Waals surface area (Å²) >= 11 is 0. The number of rotatable bonds is 6. The minimum atomic E-state index is -1.32. The molecule has 0 radical (unpaired) electrons. The first-order chi connectivity index (χ1) is 16.6. The lowest BCUT2D eigenvalue weighted by Gasteiger charge is -2.53. The summed E-state index contributed by atoms with van der Waals surface area (Å²) in [5.74, 6) is -1.32. The Balaban J connectivity index is 1.57. The number of carboxylic acid groups (broad SMARTS) is 1. The van der Waals surface area contributed by atoms with E-state index in [4.69, 9.17) is 4.84 Å². The molecule has 0 amide bonds. The zero-order valence-corrected chi connectivity index (χ0v) is 19.9.